The van der Waals surface area contributed by atoms with E-state index in [0.29, 0.717) is 18.1 Å². The molecular formula is C25H23N5O2. The van der Waals surface area contributed by atoms with E-state index >= 15 is 0 Å². The number of fused-ring (bicyclic) bond motifs is 2. The second kappa shape index (κ2) is 8.16. The molecule has 3 heterocycles. The van der Waals surface area contributed by atoms with E-state index in [9.17, 15) is 5.26 Å². The molecule has 2 aromatic carbocycles. The number of aryl methyl sites for hydroxylation is 2. The van der Waals surface area contributed by atoms with Crippen LogP contribution < -0.4 is 15.2 Å². The number of rotatable bonds is 6. The number of allylic oxidation sites excluding steroid dienone is 1. The van der Waals surface area contributed by atoms with Crippen molar-refractivity contribution in [1.82, 2.24) is 14.8 Å². The van der Waals surface area contributed by atoms with Crippen molar-refractivity contribution >= 4 is 10.9 Å². The van der Waals surface area contributed by atoms with Crippen molar-refractivity contribution in [2.24, 2.45) is 5.73 Å². The largest absolute Gasteiger partial charge is 0.494 e. The van der Waals surface area contributed by atoms with Crippen molar-refractivity contribution < 1.29 is 9.47 Å². The van der Waals surface area contributed by atoms with Crippen molar-refractivity contribution in [3.63, 3.8) is 0 Å². The Labute approximate surface area is 185 Å². The molecule has 0 saturated carbocycles. The zero-order chi connectivity index (χ0) is 22.1. The summed E-state index contributed by atoms with van der Waals surface area (Å²) in [6.45, 7) is 3.33. The fraction of sp³-hybridized carbons (Fsp3) is 0.200. The average Bonchev–Trinajstić information content (AvgIpc) is 3.37. The van der Waals surface area contributed by atoms with Gasteiger partial charge < -0.3 is 19.8 Å². The highest BCUT2D eigenvalue weighted by atomic mass is 16.5. The second-order valence-corrected chi connectivity index (χ2v) is 7.80. The molecule has 0 amide bonds. The van der Waals surface area contributed by atoms with Gasteiger partial charge in [-0.25, -0.2) is 0 Å². The highest BCUT2D eigenvalue weighted by Gasteiger charge is 2.35. The van der Waals surface area contributed by atoms with E-state index in [1.807, 2.05) is 49.4 Å². The molecule has 32 heavy (non-hydrogen) atoms. The first-order valence-corrected chi connectivity index (χ1v) is 10.6. The number of ether oxygens (including phenoxy) is 2. The predicted octanol–water partition coefficient (Wildman–Crippen LogP) is 4.36. The van der Waals surface area contributed by atoms with E-state index in [-0.39, 0.29) is 11.8 Å². The van der Waals surface area contributed by atoms with Gasteiger partial charge in [-0.15, -0.1) is 5.10 Å². The molecule has 1 aliphatic rings. The third-order valence-electron chi connectivity index (χ3n) is 5.82. The summed E-state index contributed by atoms with van der Waals surface area (Å²) >= 11 is 0. The quantitative estimate of drug-likeness (QED) is 0.447. The fourth-order valence-electron chi connectivity index (χ4n) is 4.34. The number of nitrogens with one attached hydrogen (secondary N) is 1. The van der Waals surface area contributed by atoms with Gasteiger partial charge in [0, 0.05) is 34.9 Å². The summed E-state index contributed by atoms with van der Waals surface area (Å²) in [6.07, 6.45) is 2.96. The number of nitriles is 1. The van der Waals surface area contributed by atoms with Gasteiger partial charge in [-0.2, -0.15) is 5.26 Å². The molecule has 4 aromatic rings. The molecule has 5 rings (SSSR count). The molecular weight excluding hydrogens is 402 g/mol. The number of nitrogens with two attached hydrogens (primary N) is 1. The molecule has 1 unspecified atom stereocenters. The summed E-state index contributed by atoms with van der Waals surface area (Å²) < 4.78 is 13.7. The smallest absolute Gasteiger partial charge is 0.244 e. The molecule has 0 radical (unpaired) electrons. The normalized spacial score (nSPS) is 15.3. The minimum atomic E-state index is -0.339. The predicted molar refractivity (Wildman–Crippen MR) is 121 cm³/mol. The monoisotopic (exact) mass is 425 g/mol. The van der Waals surface area contributed by atoms with E-state index in [2.05, 4.69) is 39.2 Å². The molecule has 2 aromatic heterocycles. The second-order valence-electron chi connectivity index (χ2n) is 7.80. The minimum absolute atomic E-state index is 0.101. The fourth-order valence-corrected chi connectivity index (χ4v) is 4.34. The summed E-state index contributed by atoms with van der Waals surface area (Å²) in [7, 11) is 0. The van der Waals surface area contributed by atoms with E-state index < -0.39 is 0 Å². The van der Waals surface area contributed by atoms with Crippen molar-refractivity contribution in [1.29, 1.82) is 5.26 Å². The van der Waals surface area contributed by atoms with Crippen molar-refractivity contribution in [2.75, 3.05) is 6.61 Å². The Morgan fingerprint density at radius 2 is 1.97 bits per heavy atom. The topological polar surface area (TPSA) is 102 Å². The van der Waals surface area contributed by atoms with Crippen LogP contribution in [0.5, 0.6) is 11.6 Å². The maximum Gasteiger partial charge on any atom is 0.244 e. The number of aromatic amines is 1. The first-order chi connectivity index (χ1) is 15.7. The van der Waals surface area contributed by atoms with Crippen LogP contribution in [-0.2, 0) is 6.54 Å². The van der Waals surface area contributed by atoms with E-state index in [1.165, 1.54) is 0 Å². The molecule has 0 fully saturated rings. The van der Waals surface area contributed by atoms with Crippen LogP contribution in [0, 0.1) is 18.3 Å². The summed E-state index contributed by atoms with van der Waals surface area (Å²) in [5.41, 5.74) is 10.3. The lowest BCUT2D eigenvalue weighted by molar-refractivity contribution is 0.302. The third kappa shape index (κ3) is 3.36. The number of H-pyrrole nitrogens is 1. The van der Waals surface area contributed by atoms with Gasteiger partial charge in [0.15, 0.2) is 0 Å². The lowest BCUT2D eigenvalue weighted by Crippen LogP contribution is -2.21. The Balaban J connectivity index is 1.49. The van der Waals surface area contributed by atoms with Crippen molar-refractivity contribution in [3.8, 4) is 17.7 Å². The zero-order valence-electron chi connectivity index (χ0n) is 17.7. The average molecular weight is 425 g/mol. The summed E-state index contributed by atoms with van der Waals surface area (Å²) in [5.74, 6) is 1.06. The van der Waals surface area contributed by atoms with E-state index in [1.54, 1.807) is 0 Å². The van der Waals surface area contributed by atoms with Crippen LogP contribution in [0.3, 0.4) is 0 Å². The van der Waals surface area contributed by atoms with Gasteiger partial charge in [0.25, 0.3) is 0 Å². The lowest BCUT2D eigenvalue weighted by Gasteiger charge is -2.23. The number of para-hydroxylation sites is 2. The van der Waals surface area contributed by atoms with Crippen LogP contribution in [0.4, 0.5) is 0 Å². The third-order valence-corrected chi connectivity index (χ3v) is 5.82. The van der Waals surface area contributed by atoms with Crippen molar-refractivity contribution in [3.05, 3.63) is 89.1 Å². The van der Waals surface area contributed by atoms with Crippen LogP contribution in [0.15, 0.2) is 72.3 Å². The van der Waals surface area contributed by atoms with Gasteiger partial charge in [0.2, 0.25) is 11.8 Å². The lowest BCUT2D eigenvalue weighted by atomic mass is 9.84. The van der Waals surface area contributed by atoms with E-state index in [4.69, 9.17) is 15.2 Å². The Morgan fingerprint density at radius 1 is 1.19 bits per heavy atom. The summed E-state index contributed by atoms with van der Waals surface area (Å²) in [4.78, 5) is 0. The molecule has 0 saturated heterocycles. The van der Waals surface area contributed by atoms with Crippen LogP contribution in [-0.4, -0.2) is 21.4 Å². The van der Waals surface area contributed by atoms with Crippen molar-refractivity contribution in [2.45, 2.75) is 25.8 Å². The van der Waals surface area contributed by atoms with Gasteiger partial charge in [0.05, 0.1) is 12.5 Å². The Hall–Kier alpha value is -4.18. The highest BCUT2D eigenvalue weighted by Crippen LogP contribution is 2.45. The van der Waals surface area contributed by atoms with Crippen LogP contribution in [0.2, 0.25) is 0 Å². The molecule has 0 aliphatic carbocycles. The number of nitrogens with zero attached hydrogens (tertiary/aromatic N) is 3. The van der Waals surface area contributed by atoms with Gasteiger partial charge in [-0.1, -0.05) is 36.4 Å². The van der Waals surface area contributed by atoms with Gasteiger partial charge in [-0.3, -0.25) is 5.10 Å². The summed E-state index contributed by atoms with van der Waals surface area (Å²) in [6, 6.07) is 20.3. The Bertz CT molecular complexity index is 1340. The Kier molecular flexibility index (Phi) is 5.04. The first kappa shape index (κ1) is 19.8. The molecule has 1 atom stereocenters. The Morgan fingerprint density at radius 3 is 2.78 bits per heavy atom. The molecule has 3 N–H and O–H groups in total. The van der Waals surface area contributed by atoms with Gasteiger partial charge in [0.1, 0.15) is 17.4 Å². The maximum absolute atomic E-state index is 9.89. The molecule has 7 heteroatoms. The number of benzene rings is 2. The SMILES string of the molecule is Cc1[nH]nc2c1C(c1cn(CCCOc3ccccc3)c3ccccc13)C(C#N)=C(N)O2. The van der Waals surface area contributed by atoms with Gasteiger partial charge in [-0.05, 0) is 37.1 Å². The number of hydrogen-bond acceptors (Lipinski definition) is 5. The standard InChI is InChI=1S/C25H23N5O2/c1-16-22-23(19(14-26)24(27)32-25(22)29-28-16)20-15-30(21-11-6-5-10-18(20)21)12-7-13-31-17-8-3-2-4-9-17/h2-6,8-11,15,23H,7,12-13,27H2,1H3,(H,28,29). The van der Waals surface area contributed by atoms with E-state index in [0.717, 1.165) is 46.4 Å². The molecule has 0 spiro atoms. The van der Waals surface area contributed by atoms with Crippen LogP contribution in [0.1, 0.15) is 29.2 Å². The van der Waals surface area contributed by atoms with Crippen LogP contribution in [0.25, 0.3) is 10.9 Å². The zero-order valence-corrected chi connectivity index (χ0v) is 17.7. The summed E-state index contributed by atoms with van der Waals surface area (Å²) in [5, 5.41) is 18.2. The number of aromatic nitrogens is 3. The number of hydrogen-bond donors (Lipinski definition) is 2. The maximum atomic E-state index is 9.89. The minimum Gasteiger partial charge on any atom is -0.494 e. The molecule has 7 nitrogen and oxygen atoms in total. The molecule has 0 bridgehead atoms. The first-order valence-electron chi connectivity index (χ1n) is 10.6. The van der Waals surface area contributed by atoms with Gasteiger partial charge >= 0.3 is 0 Å². The van der Waals surface area contributed by atoms with Crippen LogP contribution >= 0.6 is 0 Å². The molecule has 160 valence electrons. The highest BCUT2D eigenvalue weighted by molar-refractivity contribution is 5.86. The molecule has 1 aliphatic heterocycles.